The Morgan fingerprint density at radius 2 is 1.72 bits per heavy atom. The molecule has 0 amide bonds. The van der Waals surface area contributed by atoms with E-state index in [2.05, 4.69) is 18.6 Å². The number of sulfonamides is 1. The molecule has 1 aromatic carbocycles. The van der Waals surface area contributed by atoms with Crippen molar-refractivity contribution in [3.8, 4) is 0 Å². The third-order valence-electron chi connectivity index (χ3n) is 2.77. The molecule has 5 heteroatoms. The molecule has 2 N–H and O–H groups in total. The Bertz CT molecular complexity index is 464. The molecule has 1 rings (SSSR count). The fraction of sp³-hybridized carbons (Fsp3) is 0.538. The molecule has 0 heterocycles. The molecule has 0 fully saturated rings. The number of rotatable bonds is 6. The molecule has 0 saturated heterocycles. The minimum absolute atomic E-state index is 0.334. The normalized spacial score (nSPS) is 12.3. The molecule has 4 nitrogen and oxygen atoms in total. The highest BCUT2D eigenvalue weighted by Crippen LogP contribution is 2.16. The summed E-state index contributed by atoms with van der Waals surface area (Å²) < 4.78 is 26.6. The molecule has 0 aromatic heterocycles. The van der Waals surface area contributed by atoms with E-state index >= 15 is 0 Å². The fourth-order valence-corrected chi connectivity index (χ4v) is 2.58. The van der Waals surface area contributed by atoms with Crippen molar-refractivity contribution in [1.82, 2.24) is 4.72 Å². The lowest BCUT2D eigenvalue weighted by atomic mass is 10.0. The first-order valence-electron chi connectivity index (χ1n) is 6.21. The third-order valence-corrected chi connectivity index (χ3v) is 4.25. The Hall–Kier alpha value is -0.910. The Labute approximate surface area is 110 Å². The van der Waals surface area contributed by atoms with Crippen molar-refractivity contribution in [1.29, 1.82) is 0 Å². The van der Waals surface area contributed by atoms with Crippen LogP contribution in [0.5, 0.6) is 0 Å². The average Bonchev–Trinajstić information content (AvgIpc) is 2.28. The molecule has 0 aliphatic carbocycles. The van der Waals surface area contributed by atoms with Crippen LogP contribution in [0.3, 0.4) is 0 Å². The Morgan fingerprint density at radius 3 is 2.17 bits per heavy atom. The van der Waals surface area contributed by atoms with Crippen LogP contribution in [0.25, 0.3) is 0 Å². The maximum Gasteiger partial charge on any atom is 0.240 e. The number of likely N-dealkylation sites (N-methyl/N-ethyl adjacent to an activating group) is 1. The Morgan fingerprint density at radius 1 is 1.17 bits per heavy atom. The zero-order chi connectivity index (χ0) is 13.8. The lowest BCUT2D eigenvalue weighted by Gasteiger charge is -2.10. The van der Waals surface area contributed by atoms with E-state index in [4.69, 9.17) is 0 Å². The molecular weight excluding hydrogens is 248 g/mol. The summed E-state index contributed by atoms with van der Waals surface area (Å²) in [6.45, 7) is 5.39. The maximum absolute atomic E-state index is 12.0. The summed E-state index contributed by atoms with van der Waals surface area (Å²) in [5.41, 5.74) is 1.15. The van der Waals surface area contributed by atoms with Crippen LogP contribution >= 0.6 is 0 Å². The standard InChI is InChI=1S/C13H22N2O2S/c1-11(2)12-5-7-13(8-6-12)18(16,17)14-9-10-15(3)4/h5-8,11,14H,9-10H2,1-4H3/p+1. The molecule has 0 unspecified atom stereocenters. The largest absolute Gasteiger partial charge is 0.339 e. The molecule has 0 atom stereocenters. The van der Waals surface area contributed by atoms with E-state index in [0.29, 0.717) is 17.4 Å². The summed E-state index contributed by atoms with van der Waals surface area (Å²) in [7, 11) is 0.622. The van der Waals surface area contributed by atoms with Gasteiger partial charge in [-0.15, -0.1) is 0 Å². The van der Waals surface area contributed by atoms with Crippen LogP contribution in [0.4, 0.5) is 0 Å². The van der Waals surface area contributed by atoms with Crippen LogP contribution in [0.15, 0.2) is 29.2 Å². The Kier molecular flexibility index (Phi) is 5.31. The minimum Gasteiger partial charge on any atom is -0.339 e. The van der Waals surface area contributed by atoms with Crippen LogP contribution in [-0.4, -0.2) is 35.6 Å². The molecular formula is C13H23N2O2S+. The van der Waals surface area contributed by atoms with Gasteiger partial charge in [0, 0.05) is 0 Å². The van der Waals surface area contributed by atoms with Crippen molar-refractivity contribution < 1.29 is 13.3 Å². The van der Waals surface area contributed by atoms with Gasteiger partial charge in [0.05, 0.1) is 32.1 Å². The molecule has 0 bridgehead atoms. The topological polar surface area (TPSA) is 50.6 Å². The summed E-state index contributed by atoms with van der Waals surface area (Å²) in [5.74, 6) is 0.409. The first-order valence-corrected chi connectivity index (χ1v) is 7.70. The van der Waals surface area contributed by atoms with Gasteiger partial charge in [-0.3, -0.25) is 0 Å². The average molecular weight is 271 g/mol. The summed E-state index contributed by atoms with van der Waals surface area (Å²) >= 11 is 0. The molecule has 102 valence electrons. The van der Waals surface area contributed by atoms with E-state index in [0.717, 1.165) is 12.1 Å². The summed E-state index contributed by atoms with van der Waals surface area (Å²) in [6, 6.07) is 7.08. The molecule has 0 saturated carbocycles. The maximum atomic E-state index is 12.0. The van der Waals surface area contributed by atoms with Crippen LogP contribution < -0.4 is 9.62 Å². The van der Waals surface area contributed by atoms with Gasteiger partial charge in [0.15, 0.2) is 0 Å². The monoisotopic (exact) mass is 271 g/mol. The molecule has 0 aliphatic heterocycles. The lowest BCUT2D eigenvalue weighted by molar-refractivity contribution is -0.856. The zero-order valence-electron chi connectivity index (χ0n) is 11.5. The third kappa shape index (κ3) is 4.40. The number of quaternary nitrogens is 1. The van der Waals surface area contributed by atoms with Crippen LogP contribution in [-0.2, 0) is 10.0 Å². The van der Waals surface area contributed by atoms with Crippen LogP contribution in [0, 0.1) is 0 Å². The van der Waals surface area contributed by atoms with Crippen molar-refractivity contribution in [2.24, 2.45) is 0 Å². The van der Waals surface area contributed by atoms with Gasteiger partial charge >= 0.3 is 0 Å². The summed E-state index contributed by atoms with van der Waals surface area (Å²) in [5, 5.41) is 0. The summed E-state index contributed by atoms with van der Waals surface area (Å²) in [6.07, 6.45) is 0. The SMILES string of the molecule is CC(C)c1ccc(S(=O)(=O)NCC[NH+](C)C)cc1. The highest BCUT2D eigenvalue weighted by atomic mass is 32.2. The van der Waals surface area contributed by atoms with Gasteiger partial charge in [0.2, 0.25) is 10.0 Å². The van der Waals surface area contributed by atoms with Crippen LogP contribution in [0.2, 0.25) is 0 Å². The number of hydrogen-bond donors (Lipinski definition) is 2. The Balaban J connectivity index is 2.73. The quantitative estimate of drug-likeness (QED) is 0.778. The second-order valence-electron chi connectivity index (χ2n) is 5.08. The fourth-order valence-electron chi connectivity index (χ4n) is 1.55. The highest BCUT2D eigenvalue weighted by molar-refractivity contribution is 7.89. The van der Waals surface area contributed by atoms with Gasteiger partial charge < -0.3 is 4.90 Å². The predicted octanol–water partition coefficient (Wildman–Crippen LogP) is 0.233. The van der Waals surface area contributed by atoms with Gasteiger partial charge in [-0.05, 0) is 23.6 Å². The smallest absolute Gasteiger partial charge is 0.240 e. The van der Waals surface area contributed by atoms with Crippen molar-refractivity contribution >= 4 is 10.0 Å². The molecule has 18 heavy (non-hydrogen) atoms. The lowest BCUT2D eigenvalue weighted by Crippen LogP contribution is -3.06. The van der Waals surface area contributed by atoms with E-state index in [9.17, 15) is 8.42 Å². The second-order valence-corrected chi connectivity index (χ2v) is 6.85. The number of nitrogens with one attached hydrogen (secondary N) is 2. The van der Waals surface area contributed by atoms with E-state index in [1.165, 1.54) is 4.90 Å². The van der Waals surface area contributed by atoms with Crippen molar-refractivity contribution in [2.75, 3.05) is 27.2 Å². The highest BCUT2D eigenvalue weighted by Gasteiger charge is 2.13. The van der Waals surface area contributed by atoms with Gasteiger partial charge in [-0.1, -0.05) is 26.0 Å². The first-order chi connectivity index (χ1) is 8.33. The molecule has 0 radical (unpaired) electrons. The van der Waals surface area contributed by atoms with Crippen molar-refractivity contribution in [3.05, 3.63) is 29.8 Å². The van der Waals surface area contributed by atoms with Gasteiger partial charge in [-0.2, -0.15) is 0 Å². The zero-order valence-corrected chi connectivity index (χ0v) is 12.3. The van der Waals surface area contributed by atoms with E-state index < -0.39 is 10.0 Å². The van der Waals surface area contributed by atoms with E-state index in [1.54, 1.807) is 12.1 Å². The first kappa shape index (κ1) is 15.1. The van der Waals surface area contributed by atoms with Crippen LogP contribution in [0.1, 0.15) is 25.3 Å². The molecule has 0 spiro atoms. The predicted molar refractivity (Wildman–Crippen MR) is 73.4 cm³/mol. The van der Waals surface area contributed by atoms with E-state index in [-0.39, 0.29) is 0 Å². The minimum atomic E-state index is -3.36. The van der Waals surface area contributed by atoms with Crippen molar-refractivity contribution in [2.45, 2.75) is 24.7 Å². The number of hydrogen-bond acceptors (Lipinski definition) is 2. The second kappa shape index (κ2) is 6.31. The van der Waals surface area contributed by atoms with E-state index in [1.807, 2.05) is 26.2 Å². The number of benzene rings is 1. The van der Waals surface area contributed by atoms with Gasteiger partial charge in [0.25, 0.3) is 0 Å². The van der Waals surface area contributed by atoms with Gasteiger partial charge in [-0.25, -0.2) is 13.1 Å². The molecule has 1 aromatic rings. The summed E-state index contributed by atoms with van der Waals surface area (Å²) in [4.78, 5) is 1.55. The van der Waals surface area contributed by atoms with Crippen molar-refractivity contribution in [3.63, 3.8) is 0 Å². The molecule has 0 aliphatic rings. The van der Waals surface area contributed by atoms with Gasteiger partial charge in [0.1, 0.15) is 0 Å².